The van der Waals surface area contributed by atoms with Crippen LogP contribution in [0.2, 0.25) is 20.1 Å². The smallest absolute Gasteiger partial charge is 0.343 e. The van der Waals surface area contributed by atoms with E-state index in [2.05, 4.69) is 10.5 Å². The molecule has 242 valence electrons. The Hall–Kier alpha value is -5.06. The Kier molecular flexibility index (Phi) is 11.5. The lowest BCUT2D eigenvalue weighted by Crippen LogP contribution is -2.40. The predicted molar refractivity (Wildman–Crippen MR) is 183 cm³/mol. The van der Waals surface area contributed by atoms with Crippen molar-refractivity contribution >= 4 is 70.5 Å². The van der Waals surface area contributed by atoms with Gasteiger partial charge in [0.15, 0.2) is 0 Å². The van der Waals surface area contributed by atoms with Crippen LogP contribution in [0.4, 0.5) is 0 Å². The number of ether oxygens (including phenoxy) is 4. The van der Waals surface area contributed by atoms with Crippen LogP contribution in [0.3, 0.4) is 0 Å². The largest absolute Gasteiger partial charge is 0.446 e. The Morgan fingerprint density at radius 3 is 1.46 bits per heavy atom. The second-order valence-corrected chi connectivity index (χ2v) is 11.4. The summed E-state index contributed by atoms with van der Waals surface area (Å²) in [6.07, 6.45) is -0.254. The Labute approximate surface area is 294 Å². The maximum Gasteiger partial charge on any atom is 0.343 e. The SMILES string of the molecule is O=C(Oc1ccc(/C=N\NC(=O)C(Oc2ccc(Cl)cc2)Oc2ccc(Cl)cc2)c(OC(=O)c2ccc(Cl)cc2)c1)c1ccc(Cl)cc1. The van der Waals surface area contributed by atoms with Crippen molar-refractivity contribution in [1.29, 1.82) is 0 Å². The highest BCUT2D eigenvalue weighted by Crippen LogP contribution is 2.27. The first-order valence-electron chi connectivity index (χ1n) is 13.9. The number of halogens is 4. The van der Waals surface area contributed by atoms with Gasteiger partial charge in [0.25, 0.3) is 0 Å². The summed E-state index contributed by atoms with van der Waals surface area (Å²) >= 11 is 23.8. The van der Waals surface area contributed by atoms with Crippen molar-refractivity contribution in [3.8, 4) is 23.0 Å². The molecule has 1 N–H and O–H groups in total. The zero-order chi connectivity index (χ0) is 34.0. The van der Waals surface area contributed by atoms with Crippen molar-refractivity contribution in [3.05, 3.63) is 152 Å². The number of nitrogens with one attached hydrogen (secondary N) is 1. The molecule has 0 saturated heterocycles. The molecule has 0 aliphatic rings. The van der Waals surface area contributed by atoms with Crippen LogP contribution in [0, 0.1) is 0 Å². The lowest BCUT2D eigenvalue weighted by molar-refractivity contribution is -0.140. The molecule has 1 amide bonds. The Morgan fingerprint density at radius 1 is 0.562 bits per heavy atom. The van der Waals surface area contributed by atoms with E-state index < -0.39 is 24.1 Å². The molecule has 5 aromatic rings. The molecule has 0 bridgehead atoms. The maximum absolute atomic E-state index is 13.2. The molecule has 0 aliphatic heterocycles. The van der Waals surface area contributed by atoms with Crippen LogP contribution in [0.5, 0.6) is 23.0 Å². The molecular formula is C35H22Cl4N2O7. The van der Waals surface area contributed by atoms with Gasteiger partial charge in [0.2, 0.25) is 0 Å². The third-order valence-electron chi connectivity index (χ3n) is 6.26. The first-order valence-corrected chi connectivity index (χ1v) is 15.4. The van der Waals surface area contributed by atoms with Gasteiger partial charge in [-0.05, 0) is 109 Å². The van der Waals surface area contributed by atoms with Gasteiger partial charge in [-0.3, -0.25) is 4.79 Å². The van der Waals surface area contributed by atoms with Crippen LogP contribution in [0.15, 0.2) is 120 Å². The van der Waals surface area contributed by atoms with E-state index in [1.165, 1.54) is 60.8 Å². The lowest BCUT2D eigenvalue weighted by Gasteiger charge is -2.19. The van der Waals surface area contributed by atoms with Crippen molar-refractivity contribution in [3.63, 3.8) is 0 Å². The van der Waals surface area contributed by atoms with Gasteiger partial charge in [0.05, 0.1) is 17.3 Å². The van der Waals surface area contributed by atoms with E-state index in [1.54, 1.807) is 60.7 Å². The topological polar surface area (TPSA) is 113 Å². The van der Waals surface area contributed by atoms with Crippen molar-refractivity contribution < 1.29 is 33.3 Å². The number of carbonyl (C=O) groups is 3. The molecule has 9 nitrogen and oxygen atoms in total. The predicted octanol–water partition coefficient (Wildman–Crippen LogP) is 8.67. The number of benzene rings is 5. The van der Waals surface area contributed by atoms with Crippen LogP contribution >= 0.6 is 46.4 Å². The molecule has 0 aromatic heterocycles. The Morgan fingerprint density at radius 2 is 0.979 bits per heavy atom. The summed E-state index contributed by atoms with van der Waals surface area (Å²) in [4.78, 5) is 38.9. The van der Waals surface area contributed by atoms with Crippen molar-refractivity contribution in [2.24, 2.45) is 5.10 Å². The highest BCUT2D eigenvalue weighted by Gasteiger charge is 2.23. The number of hydrazone groups is 1. The summed E-state index contributed by atoms with van der Waals surface area (Å²) in [6, 6.07) is 29.1. The van der Waals surface area contributed by atoms with E-state index in [1.807, 2.05) is 0 Å². The molecule has 0 fully saturated rings. The van der Waals surface area contributed by atoms with Gasteiger partial charge >= 0.3 is 24.1 Å². The fraction of sp³-hybridized carbons (Fsp3) is 0.0286. The van der Waals surface area contributed by atoms with E-state index in [-0.39, 0.29) is 28.2 Å². The van der Waals surface area contributed by atoms with Crippen LogP contribution in [-0.2, 0) is 4.79 Å². The molecule has 5 aromatic carbocycles. The number of amides is 1. The summed E-state index contributed by atoms with van der Waals surface area (Å²) in [5.41, 5.74) is 3.07. The average Bonchev–Trinajstić information content (AvgIpc) is 3.07. The number of esters is 2. The molecule has 0 atom stereocenters. The molecule has 0 aliphatic carbocycles. The summed E-state index contributed by atoms with van der Waals surface area (Å²) in [5, 5.41) is 5.86. The number of hydrogen-bond acceptors (Lipinski definition) is 8. The normalized spacial score (nSPS) is 10.9. The maximum atomic E-state index is 13.2. The number of nitrogens with zero attached hydrogens (tertiary/aromatic N) is 1. The van der Waals surface area contributed by atoms with Crippen molar-refractivity contribution in [1.82, 2.24) is 5.43 Å². The van der Waals surface area contributed by atoms with Crippen molar-refractivity contribution in [2.45, 2.75) is 6.29 Å². The minimum Gasteiger partial charge on any atom is -0.446 e. The molecule has 48 heavy (non-hydrogen) atoms. The molecule has 0 heterocycles. The number of rotatable bonds is 11. The molecule has 0 radical (unpaired) electrons. The third-order valence-corrected chi connectivity index (χ3v) is 7.27. The first kappa shape index (κ1) is 34.3. The summed E-state index contributed by atoms with van der Waals surface area (Å²) in [6.45, 7) is 0. The highest BCUT2D eigenvalue weighted by atomic mass is 35.5. The third kappa shape index (κ3) is 9.73. The average molecular weight is 724 g/mol. The van der Waals surface area contributed by atoms with E-state index >= 15 is 0 Å². The molecule has 13 heteroatoms. The molecular weight excluding hydrogens is 702 g/mol. The van der Waals surface area contributed by atoms with Gasteiger partial charge < -0.3 is 18.9 Å². The second kappa shape index (κ2) is 16.2. The molecule has 0 unspecified atom stereocenters. The van der Waals surface area contributed by atoms with Crippen LogP contribution < -0.4 is 24.4 Å². The van der Waals surface area contributed by atoms with Crippen LogP contribution in [0.25, 0.3) is 0 Å². The number of hydrogen-bond donors (Lipinski definition) is 1. The minimum absolute atomic E-state index is 0.0271. The Bertz CT molecular complexity index is 1890. The first-order chi connectivity index (χ1) is 23.1. The van der Waals surface area contributed by atoms with E-state index in [0.717, 1.165) is 0 Å². The molecule has 0 spiro atoms. The summed E-state index contributed by atoms with van der Waals surface area (Å²) < 4.78 is 22.6. The van der Waals surface area contributed by atoms with Crippen LogP contribution in [-0.4, -0.2) is 30.4 Å². The van der Waals surface area contributed by atoms with Crippen molar-refractivity contribution in [2.75, 3.05) is 0 Å². The second-order valence-electron chi connectivity index (χ2n) is 9.70. The number of carbonyl (C=O) groups excluding carboxylic acids is 3. The monoisotopic (exact) mass is 722 g/mol. The quantitative estimate of drug-likeness (QED) is 0.0477. The van der Waals surface area contributed by atoms with Gasteiger partial charge in [0, 0.05) is 31.7 Å². The minimum atomic E-state index is -1.48. The Balaban J connectivity index is 1.36. The van der Waals surface area contributed by atoms with Crippen LogP contribution in [0.1, 0.15) is 26.3 Å². The van der Waals surface area contributed by atoms with Gasteiger partial charge in [-0.15, -0.1) is 0 Å². The fourth-order valence-corrected chi connectivity index (χ4v) is 4.40. The lowest BCUT2D eigenvalue weighted by atomic mass is 10.2. The fourth-order valence-electron chi connectivity index (χ4n) is 3.89. The summed E-state index contributed by atoms with van der Waals surface area (Å²) in [7, 11) is 0. The van der Waals surface area contributed by atoms with E-state index in [9.17, 15) is 14.4 Å². The zero-order valence-corrected chi connectivity index (χ0v) is 27.5. The van der Waals surface area contributed by atoms with Gasteiger partial charge in [-0.2, -0.15) is 5.10 Å². The van der Waals surface area contributed by atoms with Gasteiger partial charge in [-0.25, -0.2) is 15.0 Å². The molecule has 0 saturated carbocycles. The van der Waals surface area contributed by atoms with Gasteiger partial charge in [0.1, 0.15) is 23.0 Å². The molecule has 5 rings (SSSR count). The standard InChI is InChI=1S/C35H22Cl4N2O7/c36-24-6-1-21(2-7-24)33(43)45-30-14-5-23(31(19-30)48-34(44)22-3-8-25(37)9-4-22)20-40-41-32(42)35(46-28-15-10-26(38)11-16-28)47-29-17-12-27(39)13-18-29/h1-20,35H,(H,41,42)/b40-20-. The van der Waals surface area contributed by atoms with E-state index in [4.69, 9.17) is 65.4 Å². The van der Waals surface area contributed by atoms with E-state index in [0.29, 0.717) is 31.6 Å². The van der Waals surface area contributed by atoms with Gasteiger partial charge in [-0.1, -0.05) is 46.4 Å². The summed E-state index contributed by atoms with van der Waals surface area (Å²) in [5.74, 6) is -1.51. The zero-order valence-electron chi connectivity index (χ0n) is 24.4. The highest BCUT2D eigenvalue weighted by molar-refractivity contribution is 6.31.